The van der Waals surface area contributed by atoms with Gasteiger partial charge in [-0.2, -0.15) is 0 Å². The smallest absolute Gasteiger partial charge is 0.251 e. The normalized spacial score (nSPS) is 9.80. The summed E-state index contributed by atoms with van der Waals surface area (Å²) < 4.78 is 5.11. The summed E-state index contributed by atoms with van der Waals surface area (Å²) in [7, 11) is 1.57. The molecule has 1 aromatic carbocycles. The highest BCUT2D eigenvalue weighted by atomic mass is 16.5. The second-order valence-corrected chi connectivity index (χ2v) is 3.16. The molecule has 0 aliphatic rings. The summed E-state index contributed by atoms with van der Waals surface area (Å²) in [6.45, 7) is 2.11. The van der Waals surface area contributed by atoms with Gasteiger partial charge in [-0.05, 0) is 24.6 Å². The quantitative estimate of drug-likeness (QED) is 0.768. The molecule has 0 fully saturated rings. The fourth-order valence-electron chi connectivity index (χ4n) is 1.23. The van der Waals surface area contributed by atoms with Crippen LogP contribution in [0, 0.1) is 6.92 Å². The number of ether oxygens (including phenoxy) is 1. The minimum absolute atomic E-state index is 0.0608. The fraction of sp³-hybridized carbons (Fsp3) is 0.364. The Morgan fingerprint density at radius 1 is 1.53 bits per heavy atom. The first-order valence-electron chi connectivity index (χ1n) is 4.72. The van der Waals surface area contributed by atoms with Gasteiger partial charge < -0.3 is 15.2 Å². The Morgan fingerprint density at radius 2 is 2.27 bits per heavy atom. The number of aliphatic hydroxyl groups is 1. The summed E-state index contributed by atoms with van der Waals surface area (Å²) in [5.41, 5.74) is 1.52. The Balaban J connectivity index is 2.81. The fourth-order valence-corrected chi connectivity index (χ4v) is 1.23. The summed E-state index contributed by atoms with van der Waals surface area (Å²) in [4.78, 5) is 11.5. The van der Waals surface area contributed by atoms with Crippen LogP contribution in [-0.4, -0.2) is 31.3 Å². The van der Waals surface area contributed by atoms with Gasteiger partial charge >= 0.3 is 0 Å². The minimum Gasteiger partial charge on any atom is -0.496 e. The van der Waals surface area contributed by atoms with Crippen LogP contribution in [0.15, 0.2) is 18.2 Å². The van der Waals surface area contributed by atoms with Gasteiger partial charge in [0.1, 0.15) is 5.75 Å². The first-order chi connectivity index (χ1) is 7.19. The molecular formula is C11H15NO3. The molecule has 82 valence electrons. The van der Waals surface area contributed by atoms with Gasteiger partial charge in [0, 0.05) is 12.1 Å². The zero-order valence-electron chi connectivity index (χ0n) is 8.91. The van der Waals surface area contributed by atoms with Crippen molar-refractivity contribution in [1.29, 1.82) is 0 Å². The van der Waals surface area contributed by atoms with Crippen LogP contribution in [0.1, 0.15) is 15.9 Å². The van der Waals surface area contributed by atoms with Crippen LogP contribution in [0.4, 0.5) is 0 Å². The molecule has 0 radical (unpaired) electrons. The maximum atomic E-state index is 11.5. The number of nitrogens with one attached hydrogen (secondary N) is 1. The lowest BCUT2D eigenvalue weighted by Crippen LogP contribution is -2.26. The van der Waals surface area contributed by atoms with Crippen LogP contribution in [0.2, 0.25) is 0 Å². The predicted octanol–water partition coefficient (Wildman–Crippen LogP) is 0.726. The number of methoxy groups -OCH3 is 1. The minimum atomic E-state index is -0.206. The molecular weight excluding hydrogens is 194 g/mol. The van der Waals surface area contributed by atoms with Gasteiger partial charge in [-0.3, -0.25) is 4.79 Å². The highest BCUT2D eigenvalue weighted by Gasteiger charge is 2.07. The zero-order chi connectivity index (χ0) is 11.3. The van der Waals surface area contributed by atoms with E-state index in [2.05, 4.69) is 5.32 Å². The van der Waals surface area contributed by atoms with E-state index >= 15 is 0 Å². The molecule has 0 atom stereocenters. The maximum absolute atomic E-state index is 11.5. The highest BCUT2D eigenvalue weighted by molar-refractivity contribution is 5.94. The third-order valence-corrected chi connectivity index (χ3v) is 2.07. The van der Waals surface area contributed by atoms with Gasteiger partial charge in [-0.15, -0.1) is 0 Å². The van der Waals surface area contributed by atoms with Crippen LogP contribution < -0.4 is 10.1 Å². The Kier molecular flexibility index (Phi) is 4.12. The number of carbonyl (C=O) groups excluding carboxylic acids is 1. The Morgan fingerprint density at radius 3 is 2.87 bits per heavy atom. The molecule has 0 unspecified atom stereocenters. The summed E-state index contributed by atoms with van der Waals surface area (Å²) in [6, 6.07) is 5.24. The number of rotatable bonds is 4. The number of hydrogen-bond donors (Lipinski definition) is 2. The zero-order valence-corrected chi connectivity index (χ0v) is 8.91. The second-order valence-electron chi connectivity index (χ2n) is 3.16. The van der Waals surface area contributed by atoms with Crippen molar-refractivity contribution in [2.75, 3.05) is 20.3 Å². The average molecular weight is 209 g/mol. The summed E-state index contributed by atoms with van der Waals surface area (Å²) in [5.74, 6) is 0.481. The number of carbonyl (C=O) groups is 1. The number of benzene rings is 1. The van der Waals surface area contributed by atoms with Gasteiger partial charge in [-0.25, -0.2) is 0 Å². The summed E-state index contributed by atoms with van der Waals surface area (Å²) >= 11 is 0. The van der Waals surface area contributed by atoms with Crippen molar-refractivity contribution < 1.29 is 14.6 Å². The molecule has 0 aliphatic heterocycles. The molecule has 0 aliphatic carbocycles. The SMILES string of the molecule is COc1cc(C(=O)NCCO)ccc1C. The van der Waals surface area contributed by atoms with E-state index in [-0.39, 0.29) is 19.1 Å². The van der Waals surface area contributed by atoms with Crippen LogP contribution in [0.25, 0.3) is 0 Å². The molecule has 15 heavy (non-hydrogen) atoms. The standard InChI is InChI=1S/C11H15NO3/c1-8-3-4-9(7-10(8)15-2)11(14)12-5-6-13/h3-4,7,13H,5-6H2,1-2H3,(H,12,14). The van der Waals surface area contributed by atoms with E-state index in [4.69, 9.17) is 9.84 Å². The lowest BCUT2D eigenvalue weighted by atomic mass is 10.1. The molecule has 1 rings (SSSR count). The molecule has 0 bridgehead atoms. The number of aryl methyl sites for hydroxylation is 1. The van der Waals surface area contributed by atoms with Crippen molar-refractivity contribution in [3.63, 3.8) is 0 Å². The van der Waals surface area contributed by atoms with E-state index in [0.29, 0.717) is 11.3 Å². The van der Waals surface area contributed by atoms with Gasteiger partial charge in [0.15, 0.2) is 0 Å². The molecule has 0 saturated carbocycles. The molecule has 0 aromatic heterocycles. The van der Waals surface area contributed by atoms with Crippen LogP contribution in [-0.2, 0) is 0 Å². The topological polar surface area (TPSA) is 58.6 Å². The first kappa shape index (κ1) is 11.5. The first-order valence-corrected chi connectivity index (χ1v) is 4.72. The third-order valence-electron chi connectivity index (χ3n) is 2.07. The van der Waals surface area contributed by atoms with E-state index in [1.807, 2.05) is 13.0 Å². The molecule has 0 heterocycles. The largest absolute Gasteiger partial charge is 0.496 e. The number of hydrogen-bond acceptors (Lipinski definition) is 3. The molecule has 2 N–H and O–H groups in total. The second kappa shape index (κ2) is 5.36. The molecule has 4 nitrogen and oxygen atoms in total. The van der Waals surface area contributed by atoms with Gasteiger partial charge in [-0.1, -0.05) is 6.07 Å². The molecule has 1 aromatic rings. The van der Waals surface area contributed by atoms with E-state index in [1.54, 1.807) is 19.2 Å². The predicted molar refractivity (Wildman–Crippen MR) is 57.2 cm³/mol. The van der Waals surface area contributed by atoms with Gasteiger partial charge in [0.05, 0.1) is 13.7 Å². The Hall–Kier alpha value is -1.55. The number of aliphatic hydroxyl groups excluding tert-OH is 1. The maximum Gasteiger partial charge on any atom is 0.251 e. The molecule has 0 spiro atoms. The van der Waals surface area contributed by atoms with Crippen molar-refractivity contribution in [3.05, 3.63) is 29.3 Å². The van der Waals surface area contributed by atoms with E-state index in [1.165, 1.54) is 0 Å². The Bertz CT molecular complexity index is 350. The third kappa shape index (κ3) is 2.95. The van der Waals surface area contributed by atoms with Crippen LogP contribution in [0.5, 0.6) is 5.75 Å². The van der Waals surface area contributed by atoms with Crippen molar-refractivity contribution in [2.24, 2.45) is 0 Å². The van der Waals surface area contributed by atoms with Crippen molar-refractivity contribution >= 4 is 5.91 Å². The van der Waals surface area contributed by atoms with Crippen LogP contribution in [0.3, 0.4) is 0 Å². The average Bonchev–Trinajstić information content (AvgIpc) is 2.26. The molecule has 4 heteroatoms. The Labute approximate surface area is 88.9 Å². The highest BCUT2D eigenvalue weighted by Crippen LogP contribution is 2.18. The van der Waals surface area contributed by atoms with Crippen LogP contribution >= 0.6 is 0 Å². The van der Waals surface area contributed by atoms with Crippen molar-refractivity contribution in [1.82, 2.24) is 5.32 Å². The van der Waals surface area contributed by atoms with Crippen molar-refractivity contribution in [2.45, 2.75) is 6.92 Å². The lowest BCUT2D eigenvalue weighted by molar-refractivity contribution is 0.0944. The van der Waals surface area contributed by atoms with E-state index < -0.39 is 0 Å². The monoisotopic (exact) mass is 209 g/mol. The van der Waals surface area contributed by atoms with Crippen molar-refractivity contribution in [3.8, 4) is 5.75 Å². The van der Waals surface area contributed by atoms with Gasteiger partial charge in [0.2, 0.25) is 0 Å². The lowest BCUT2D eigenvalue weighted by Gasteiger charge is -2.07. The molecule has 1 amide bonds. The van der Waals surface area contributed by atoms with Gasteiger partial charge in [0.25, 0.3) is 5.91 Å². The van der Waals surface area contributed by atoms with E-state index in [0.717, 1.165) is 5.56 Å². The van der Waals surface area contributed by atoms with E-state index in [9.17, 15) is 4.79 Å². The molecule has 0 saturated heterocycles. The summed E-state index contributed by atoms with van der Waals surface area (Å²) in [5, 5.41) is 11.1. The summed E-state index contributed by atoms with van der Waals surface area (Å²) in [6.07, 6.45) is 0. The number of amides is 1.